The molecule has 0 saturated carbocycles. The molecule has 2 aromatic heterocycles. The van der Waals surface area contributed by atoms with Crippen LogP contribution in [-0.2, 0) is 17.8 Å². The van der Waals surface area contributed by atoms with Crippen molar-refractivity contribution in [2.75, 3.05) is 19.0 Å². The van der Waals surface area contributed by atoms with Crippen LogP contribution in [0.1, 0.15) is 17.9 Å². The average Bonchev–Trinajstić information content (AvgIpc) is 3.15. The van der Waals surface area contributed by atoms with Crippen molar-refractivity contribution in [1.82, 2.24) is 15.3 Å². The summed E-state index contributed by atoms with van der Waals surface area (Å²) >= 11 is 0. The highest BCUT2D eigenvalue weighted by Crippen LogP contribution is 2.20. The largest absolute Gasteiger partial charge is 0.441 e. The molecule has 0 saturated heterocycles. The Bertz CT molecular complexity index is 859. The number of pyridine rings is 1. The van der Waals surface area contributed by atoms with E-state index in [-0.39, 0.29) is 5.91 Å². The summed E-state index contributed by atoms with van der Waals surface area (Å²) in [5.74, 6) is 2.12. The molecular weight excluding hydrogens is 328 g/mol. The van der Waals surface area contributed by atoms with Gasteiger partial charge in [-0.1, -0.05) is 30.3 Å². The number of carbonyl (C=O) groups excluding carboxylic acids is 1. The number of aryl methyl sites for hydroxylation is 1. The van der Waals surface area contributed by atoms with Crippen LogP contribution in [0, 0.1) is 0 Å². The molecule has 6 nitrogen and oxygen atoms in total. The van der Waals surface area contributed by atoms with Gasteiger partial charge < -0.3 is 14.6 Å². The van der Waals surface area contributed by atoms with E-state index in [0.29, 0.717) is 31.0 Å². The summed E-state index contributed by atoms with van der Waals surface area (Å²) in [7, 11) is 3.87. The first kappa shape index (κ1) is 17.7. The number of carbonyl (C=O) groups is 1. The summed E-state index contributed by atoms with van der Waals surface area (Å²) in [6.45, 7) is 0.475. The van der Waals surface area contributed by atoms with Crippen molar-refractivity contribution >= 4 is 11.7 Å². The minimum Gasteiger partial charge on any atom is -0.441 e. The normalized spacial score (nSPS) is 10.5. The summed E-state index contributed by atoms with van der Waals surface area (Å²) in [4.78, 5) is 22.5. The number of benzene rings is 1. The number of rotatable bonds is 7. The Balaban J connectivity index is 1.49. The smallest absolute Gasteiger partial charge is 0.220 e. The molecule has 26 heavy (non-hydrogen) atoms. The first-order valence-corrected chi connectivity index (χ1v) is 8.51. The maximum absolute atomic E-state index is 12.1. The van der Waals surface area contributed by atoms with Crippen LogP contribution in [-0.4, -0.2) is 30.0 Å². The molecule has 134 valence electrons. The topological polar surface area (TPSA) is 71.3 Å². The lowest BCUT2D eigenvalue weighted by molar-refractivity contribution is -0.121. The Labute approximate surface area is 152 Å². The number of nitrogens with zero attached hydrogens (tertiary/aromatic N) is 3. The quantitative estimate of drug-likeness (QED) is 0.709. The zero-order valence-corrected chi connectivity index (χ0v) is 15.0. The number of amides is 1. The molecule has 0 fully saturated rings. The van der Waals surface area contributed by atoms with Crippen molar-refractivity contribution in [2.24, 2.45) is 0 Å². The fraction of sp³-hybridized carbons (Fsp3) is 0.250. The van der Waals surface area contributed by atoms with Gasteiger partial charge in [0.2, 0.25) is 5.91 Å². The van der Waals surface area contributed by atoms with Crippen LogP contribution in [0.15, 0.2) is 59.3 Å². The van der Waals surface area contributed by atoms with Crippen LogP contribution >= 0.6 is 0 Å². The molecule has 1 amide bonds. The molecule has 3 aromatic rings. The van der Waals surface area contributed by atoms with E-state index in [1.165, 1.54) is 0 Å². The Morgan fingerprint density at radius 3 is 2.73 bits per heavy atom. The van der Waals surface area contributed by atoms with Gasteiger partial charge >= 0.3 is 0 Å². The van der Waals surface area contributed by atoms with Gasteiger partial charge in [0.05, 0.1) is 6.20 Å². The van der Waals surface area contributed by atoms with Gasteiger partial charge in [-0.15, -0.1) is 0 Å². The average molecular weight is 350 g/mol. The summed E-state index contributed by atoms with van der Waals surface area (Å²) in [6, 6.07) is 13.6. The molecule has 2 heterocycles. The predicted octanol–water partition coefficient (Wildman–Crippen LogP) is 3.05. The maximum Gasteiger partial charge on any atom is 0.220 e. The van der Waals surface area contributed by atoms with Crippen molar-refractivity contribution in [2.45, 2.75) is 19.4 Å². The van der Waals surface area contributed by atoms with E-state index < -0.39 is 0 Å². The Morgan fingerprint density at radius 2 is 1.96 bits per heavy atom. The second-order valence-corrected chi connectivity index (χ2v) is 6.18. The van der Waals surface area contributed by atoms with Gasteiger partial charge in [0.25, 0.3) is 0 Å². The second kappa shape index (κ2) is 8.29. The lowest BCUT2D eigenvalue weighted by Crippen LogP contribution is -2.23. The molecule has 0 aliphatic heterocycles. The molecular formula is C20H22N4O2. The first-order chi connectivity index (χ1) is 12.6. The van der Waals surface area contributed by atoms with Crippen molar-refractivity contribution < 1.29 is 9.21 Å². The second-order valence-electron chi connectivity index (χ2n) is 6.18. The van der Waals surface area contributed by atoms with Gasteiger partial charge in [-0.2, -0.15) is 0 Å². The monoisotopic (exact) mass is 350 g/mol. The van der Waals surface area contributed by atoms with E-state index in [9.17, 15) is 4.79 Å². The molecule has 0 aliphatic rings. The lowest BCUT2D eigenvalue weighted by Gasteiger charge is -2.12. The van der Waals surface area contributed by atoms with Crippen LogP contribution < -0.4 is 10.2 Å². The van der Waals surface area contributed by atoms with Crippen molar-refractivity contribution in [3.8, 4) is 11.3 Å². The van der Waals surface area contributed by atoms with E-state index >= 15 is 0 Å². The Morgan fingerprint density at radius 1 is 1.15 bits per heavy atom. The van der Waals surface area contributed by atoms with Crippen LogP contribution in [0.3, 0.4) is 0 Å². The van der Waals surface area contributed by atoms with Gasteiger partial charge in [-0.3, -0.25) is 4.79 Å². The van der Waals surface area contributed by atoms with Crippen LogP contribution in [0.4, 0.5) is 5.82 Å². The number of aromatic nitrogens is 2. The molecule has 0 unspecified atom stereocenters. The summed E-state index contributed by atoms with van der Waals surface area (Å²) in [6.07, 6.45) is 4.25. The highest BCUT2D eigenvalue weighted by molar-refractivity contribution is 5.76. The molecule has 0 atom stereocenters. The molecule has 0 bridgehead atoms. The highest BCUT2D eigenvalue weighted by atomic mass is 16.4. The standard InChI is InChI=1S/C20H22N4O2/c1-24(2)18-12-15(10-11-21-18)13-22-19(25)8-9-20-23-14-17(26-20)16-6-4-3-5-7-16/h3-7,10-12,14H,8-9,13H2,1-2H3,(H,22,25). The molecule has 3 rings (SSSR count). The van der Waals surface area contributed by atoms with Crippen LogP contribution in [0.2, 0.25) is 0 Å². The summed E-state index contributed by atoms with van der Waals surface area (Å²) < 4.78 is 5.72. The molecule has 1 N–H and O–H groups in total. The summed E-state index contributed by atoms with van der Waals surface area (Å²) in [5, 5.41) is 2.92. The molecule has 0 spiro atoms. The van der Waals surface area contributed by atoms with E-state index in [1.54, 1.807) is 12.4 Å². The minimum atomic E-state index is -0.0346. The summed E-state index contributed by atoms with van der Waals surface area (Å²) in [5.41, 5.74) is 1.99. The van der Waals surface area contributed by atoms with Crippen molar-refractivity contribution in [3.63, 3.8) is 0 Å². The van der Waals surface area contributed by atoms with E-state index in [4.69, 9.17) is 4.42 Å². The zero-order chi connectivity index (χ0) is 18.4. The van der Waals surface area contributed by atoms with Gasteiger partial charge in [0.15, 0.2) is 11.7 Å². The first-order valence-electron chi connectivity index (χ1n) is 8.51. The van der Waals surface area contributed by atoms with E-state index in [0.717, 1.165) is 16.9 Å². The number of oxazole rings is 1. The molecule has 1 aromatic carbocycles. The fourth-order valence-corrected chi connectivity index (χ4v) is 2.49. The number of hydrogen-bond donors (Lipinski definition) is 1. The van der Waals surface area contributed by atoms with Crippen LogP contribution in [0.25, 0.3) is 11.3 Å². The number of hydrogen-bond acceptors (Lipinski definition) is 5. The Kier molecular flexibility index (Phi) is 5.63. The maximum atomic E-state index is 12.1. The third-order valence-corrected chi connectivity index (χ3v) is 3.94. The minimum absolute atomic E-state index is 0.0346. The third kappa shape index (κ3) is 4.69. The molecule has 0 radical (unpaired) electrons. The van der Waals surface area contributed by atoms with Crippen LogP contribution in [0.5, 0.6) is 0 Å². The van der Waals surface area contributed by atoms with Crippen molar-refractivity contribution in [1.29, 1.82) is 0 Å². The number of anilines is 1. The lowest BCUT2D eigenvalue weighted by atomic mass is 10.2. The van der Waals surface area contributed by atoms with Gasteiger partial charge in [-0.05, 0) is 17.7 Å². The van der Waals surface area contributed by atoms with Crippen molar-refractivity contribution in [3.05, 3.63) is 66.3 Å². The fourth-order valence-electron chi connectivity index (χ4n) is 2.49. The SMILES string of the molecule is CN(C)c1cc(CNC(=O)CCc2ncc(-c3ccccc3)o2)ccn1. The Hall–Kier alpha value is -3.15. The van der Waals surface area contributed by atoms with Gasteiger partial charge in [-0.25, -0.2) is 9.97 Å². The third-order valence-electron chi connectivity index (χ3n) is 3.94. The predicted molar refractivity (Wildman–Crippen MR) is 101 cm³/mol. The molecule has 6 heteroatoms. The van der Waals surface area contributed by atoms with E-state index in [1.807, 2.05) is 61.5 Å². The van der Waals surface area contributed by atoms with E-state index in [2.05, 4.69) is 15.3 Å². The molecule has 0 aliphatic carbocycles. The zero-order valence-electron chi connectivity index (χ0n) is 15.0. The van der Waals surface area contributed by atoms with Gasteiger partial charge in [0.1, 0.15) is 5.82 Å². The number of nitrogens with one attached hydrogen (secondary N) is 1. The highest BCUT2D eigenvalue weighted by Gasteiger charge is 2.09. The van der Waals surface area contributed by atoms with Gasteiger partial charge in [0, 0.05) is 45.2 Å².